The van der Waals surface area contributed by atoms with Gasteiger partial charge in [0.25, 0.3) is 0 Å². The predicted octanol–water partition coefficient (Wildman–Crippen LogP) is 16.2. The Balaban J connectivity index is 3.72. The summed E-state index contributed by atoms with van der Waals surface area (Å²) < 4.78 is 0. The number of allylic oxidation sites excluding steroid dienone is 8. The van der Waals surface area contributed by atoms with Gasteiger partial charge in [0.1, 0.15) is 12.2 Å². The molecule has 0 bridgehead atoms. The molecule has 0 heterocycles. The molecule has 0 rings (SSSR count). The normalized spacial score (nSPS) is 14.2. The van der Waals surface area contributed by atoms with Gasteiger partial charge < -0.3 is 25.7 Å². The van der Waals surface area contributed by atoms with E-state index in [0.717, 1.165) is 51.4 Å². The highest BCUT2D eigenvalue weighted by Crippen LogP contribution is 2.16. The minimum absolute atomic E-state index is 0.356. The van der Waals surface area contributed by atoms with Crippen molar-refractivity contribution < 1.29 is 25.2 Å². The number of unbranched alkanes of at least 4 members (excludes halogenated alkanes) is 34. The van der Waals surface area contributed by atoms with E-state index >= 15 is 0 Å². The fourth-order valence-electron chi connectivity index (χ4n) is 8.55. The van der Waals surface area contributed by atoms with Gasteiger partial charge in [-0.2, -0.15) is 0 Å². The standard InChI is InChI=1S/C58H109NO5/c1-3-5-7-9-11-13-15-17-19-21-23-25-27-28-30-32-34-36-38-40-42-44-46-48-50-52-56(62)58(64)59-54(53-60)57(63)55(61)51-49-47-45-43-41-39-37-35-33-31-29-26-24-22-20-18-16-14-12-10-8-6-4-2/h26,28-30,35,37,43,45,54-57,60-63H,3-25,27,31-34,36,38-42,44,46-53H2,1-2H3,(H,59,64)/b29-26+,30-28-,37-35+,45-43+. The Hall–Kier alpha value is -1.73. The van der Waals surface area contributed by atoms with E-state index in [1.165, 1.54) is 199 Å². The molecule has 0 saturated carbocycles. The lowest BCUT2D eigenvalue weighted by Crippen LogP contribution is -2.53. The van der Waals surface area contributed by atoms with Gasteiger partial charge in [-0.25, -0.2) is 0 Å². The molecule has 6 heteroatoms. The molecule has 0 spiro atoms. The van der Waals surface area contributed by atoms with Crippen LogP contribution in [0, 0.1) is 0 Å². The highest BCUT2D eigenvalue weighted by atomic mass is 16.3. The number of aliphatic hydroxyl groups is 4. The van der Waals surface area contributed by atoms with Crippen molar-refractivity contribution in [1.29, 1.82) is 0 Å². The Morgan fingerprint density at radius 2 is 0.656 bits per heavy atom. The molecule has 0 aromatic heterocycles. The van der Waals surface area contributed by atoms with Crippen LogP contribution in [0.4, 0.5) is 0 Å². The molecule has 0 saturated heterocycles. The minimum Gasteiger partial charge on any atom is -0.394 e. The summed E-state index contributed by atoms with van der Waals surface area (Å²) in [4.78, 5) is 12.6. The fourth-order valence-corrected chi connectivity index (χ4v) is 8.55. The topological polar surface area (TPSA) is 110 Å². The summed E-state index contributed by atoms with van der Waals surface area (Å²) in [6.07, 6.45) is 66.0. The average molecular weight is 901 g/mol. The lowest BCUT2D eigenvalue weighted by Gasteiger charge is -2.27. The Morgan fingerprint density at radius 1 is 0.375 bits per heavy atom. The van der Waals surface area contributed by atoms with E-state index in [-0.39, 0.29) is 0 Å². The zero-order valence-corrected chi connectivity index (χ0v) is 42.5. The summed E-state index contributed by atoms with van der Waals surface area (Å²) in [5, 5.41) is 43.9. The molecule has 0 aliphatic carbocycles. The second-order valence-electron chi connectivity index (χ2n) is 19.3. The van der Waals surface area contributed by atoms with Crippen molar-refractivity contribution in [2.45, 2.75) is 308 Å². The first-order valence-electron chi connectivity index (χ1n) is 28.0. The van der Waals surface area contributed by atoms with E-state index in [1.54, 1.807) is 0 Å². The largest absolute Gasteiger partial charge is 0.394 e. The van der Waals surface area contributed by atoms with Gasteiger partial charge in [0, 0.05) is 0 Å². The molecule has 1 amide bonds. The number of rotatable bonds is 51. The monoisotopic (exact) mass is 900 g/mol. The van der Waals surface area contributed by atoms with E-state index in [4.69, 9.17) is 0 Å². The van der Waals surface area contributed by atoms with Crippen LogP contribution in [0.1, 0.15) is 284 Å². The smallest absolute Gasteiger partial charge is 0.249 e. The zero-order chi connectivity index (χ0) is 46.7. The summed E-state index contributed by atoms with van der Waals surface area (Å²) in [6.45, 7) is 4.06. The first-order chi connectivity index (χ1) is 31.5. The highest BCUT2D eigenvalue weighted by molar-refractivity contribution is 5.80. The zero-order valence-electron chi connectivity index (χ0n) is 42.5. The number of hydrogen-bond acceptors (Lipinski definition) is 5. The van der Waals surface area contributed by atoms with Crippen LogP contribution in [0.25, 0.3) is 0 Å². The predicted molar refractivity (Wildman–Crippen MR) is 279 cm³/mol. The first kappa shape index (κ1) is 62.3. The number of amides is 1. The summed E-state index contributed by atoms with van der Waals surface area (Å²) in [6, 6.07) is -1.01. The van der Waals surface area contributed by atoms with Gasteiger partial charge in [0.2, 0.25) is 5.91 Å². The van der Waals surface area contributed by atoms with Gasteiger partial charge in [0.15, 0.2) is 0 Å². The molecule has 0 aromatic rings. The molecule has 6 nitrogen and oxygen atoms in total. The highest BCUT2D eigenvalue weighted by Gasteiger charge is 2.28. The second-order valence-corrected chi connectivity index (χ2v) is 19.3. The van der Waals surface area contributed by atoms with E-state index < -0.39 is 36.9 Å². The number of carbonyl (C=O) groups is 1. The SMILES string of the molecule is CCCCCCCCCCCC/C=C/CC/C=C/CC/C=C/CCCC(O)C(O)C(CO)NC(=O)C(O)CCCCCCCCCCC/C=C\CCCCCCCCCCCCCC. The third-order valence-electron chi connectivity index (χ3n) is 13.0. The third kappa shape index (κ3) is 45.4. The average Bonchev–Trinajstić information content (AvgIpc) is 3.30. The summed E-state index contributed by atoms with van der Waals surface area (Å²) in [5.41, 5.74) is 0. The van der Waals surface area contributed by atoms with Crippen LogP contribution < -0.4 is 5.32 Å². The Kier molecular flexibility index (Phi) is 50.8. The number of aliphatic hydroxyl groups excluding tert-OH is 4. The summed E-state index contributed by atoms with van der Waals surface area (Å²) >= 11 is 0. The Bertz CT molecular complexity index is 1060. The summed E-state index contributed by atoms with van der Waals surface area (Å²) in [5.74, 6) is -0.600. The van der Waals surface area contributed by atoms with Crippen molar-refractivity contribution in [3.05, 3.63) is 48.6 Å². The van der Waals surface area contributed by atoms with Gasteiger partial charge in [-0.1, -0.05) is 242 Å². The van der Waals surface area contributed by atoms with E-state index in [1.807, 2.05) is 0 Å². The van der Waals surface area contributed by atoms with Crippen LogP contribution in [0.3, 0.4) is 0 Å². The maximum Gasteiger partial charge on any atom is 0.249 e. The summed E-state index contributed by atoms with van der Waals surface area (Å²) in [7, 11) is 0. The molecule has 0 fully saturated rings. The van der Waals surface area contributed by atoms with Crippen LogP contribution >= 0.6 is 0 Å². The Labute approximate surface area is 398 Å². The molecule has 5 N–H and O–H groups in total. The fraction of sp³-hybridized carbons (Fsp3) is 0.845. The maximum atomic E-state index is 12.6. The maximum absolute atomic E-state index is 12.6. The molecular weight excluding hydrogens is 791 g/mol. The molecule has 376 valence electrons. The molecule has 64 heavy (non-hydrogen) atoms. The molecule has 0 aliphatic heterocycles. The molecule has 4 atom stereocenters. The van der Waals surface area contributed by atoms with Gasteiger partial charge in [-0.3, -0.25) is 4.79 Å². The van der Waals surface area contributed by atoms with Gasteiger partial charge >= 0.3 is 0 Å². The van der Waals surface area contributed by atoms with Crippen LogP contribution in [0.5, 0.6) is 0 Å². The van der Waals surface area contributed by atoms with Crippen LogP contribution in [-0.2, 0) is 4.79 Å². The van der Waals surface area contributed by atoms with Crippen molar-refractivity contribution in [3.8, 4) is 0 Å². The second kappa shape index (κ2) is 52.2. The van der Waals surface area contributed by atoms with Crippen LogP contribution in [-0.4, -0.2) is 57.3 Å². The van der Waals surface area contributed by atoms with Crippen molar-refractivity contribution in [2.24, 2.45) is 0 Å². The molecule has 0 aliphatic rings. The lowest BCUT2D eigenvalue weighted by molar-refractivity contribution is -0.132. The van der Waals surface area contributed by atoms with Crippen LogP contribution in [0.2, 0.25) is 0 Å². The first-order valence-corrected chi connectivity index (χ1v) is 28.0. The quantitative estimate of drug-likeness (QED) is 0.0309. The minimum atomic E-state index is -1.30. The van der Waals surface area contributed by atoms with E-state index in [2.05, 4.69) is 67.8 Å². The van der Waals surface area contributed by atoms with E-state index in [0.29, 0.717) is 19.3 Å². The van der Waals surface area contributed by atoms with Crippen LogP contribution in [0.15, 0.2) is 48.6 Å². The molecule has 0 radical (unpaired) electrons. The van der Waals surface area contributed by atoms with Gasteiger partial charge in [-0.05, 0) is 89.9 Å². The van der Waals surface area contributed by atoms with Crippen molar-refractivity contribution >= 4 is 5.91 Å². The number of carbonyl (C=O) groups excluding carboxylic acids is 1. The van der Waals surface area contributed by atoms with Crippen molar-refractivity contribution in [1.82, 2.24) is 5.32 Å². The van der Waals surface area contributed by atoms with E-state index in [9.17, 15) is 25.2 Å². The van der Waals surface area contributed by atoms with Gasteiger partial charge in [-0.15, -0.1) is 0 Å². The molecule has 4 unspecified atom stereocenters. The molecular formula is C58H109NO5. The number of nitrogens with one attached hydrogen (secondary N) is 1. The van der Waals surface area contributed by atoms with Gasteiger partial charge in [0.05, 0.1) is 18.8 Å². The Morgan fingerprint density at radius 3 is 0.984 bits per heavy atom. The third-order valence-corrected chi connectivity index (χ3v) is 13.0. The van der Waals surface area contributed by atoms with Crippen molar-refractivity contribution in [2.75, 3.05) is 6.61 Å². The van der Waals surface area contributed by atoms with Crippen molar-refractivity contribution in [3.63, 3.8) is 0 Å². The molecule has 0 aromatic carbocycles. The number of hydrogen-bond donors (Lipinski definition) is 5. The lowest BCUT2D eigenvalue weighted by atomic mass is 10.00.